The number of aliphatic imine (C=N–C) groups is 1. The number of nitrogens with zero attached hydrogens (tertiary/aromatic N) is 2. The topological polar surface area (TPSA) is 67.9 Å². The third-order valence-corrected chi connectivity index (χ3v) is 5.56. The van der Waals surface area contributed by atoms with Gasteiger partial charge in [0.15, 0.2) is 0 Å². The summed E-state index contributed by atoms with van der Waals surface area (Å²) >= 11 is 0. The Bertz CT molecular complexity index is 1010. The Labute approximate surface area is 176 Å². The van der Waals surface area contributed by atoms with E-state index in [1.165, 1.54) is 24.1 Å². The fourth-order valence-corrected chi connectivity index (χ4v) is 3.89. The maximum atomic E-state index is 15.4. The van der Waals surface area contributed by atoms with E-state index in [-0.39, 0.29) is 11.9 Å². The lowest BCUT2D eigenvalue weighted by Crippen LogP contribution is -2.41. The van der Waals surface area contributed by atoms with Crippen LogP contribution in [0.2, 0.25) is 0 Å². The summed E-state index contributed by atoms with van der Waals surface area (Å²) in [4.78, 5) is 18.4. The van der Waals surface area contributed by atoms with Crippen LogP contribution in [0.1, 0.15) is 44.2 Å². The number of fused-ring (bicyclic) bond motifs is 1. The normalized spacial score (nSPS) is 19.1. The van der Waals surface area contributed by atoms with Crippen molar-refractivity contribution < 1.29 is 13.9 Å². The van der Waals surface area contributed by atoms with Crippen LogP contribution in [0.3, 0.4) is 0 Å². The summed E-state index contributed by atoms with van der Waals surface area (Å²) in [5.74, 6) is 0.512. The van der Waals surface area contributed by atoms with Crippen LogP contribution in [0.4, 0.5) is 10.1 Å². The van der Waals surface area contributed by atoms with Gasteiger partial charge in [0.2, 0.25) is 5.91 Å². The van der Waals surface area contributed by atoms with Crippen LogP contribution < -0.4 is 15.4 Å². The van der Waals surface area contributed by atoms with Crippen LogP contribution in [0.25, 0.3) is 5.57 Å². The Kier molecular flexibility index (Phi) is 5.57. The lowest BCUT2D eigenvalue weighted by Gasteiger charge is -2.36. The molecular formula is C24H26FN3O2. The van der Waals surface area contributed by atoms with Gasteiger partial charge in [-0.15, -0.1) is 0 Å². The van der Waals surface area contributed by atoms with Crippen molar-refractivity contribution in [3.63, 3.8) is 0 Å². The van der Waals surface area contributed by atoms with Gasteiger partial charge in [0.05, 0.1) is 11.7 Å². The van der Waals surface area contributed by atoms with Gasteiger partial charge in [-0.25, -0.2) is 4.39 Å². The van der Waals surface area contributed by atoms with Crippen LogP contribution in [0.5, 0.6) is 11.5 Å². The standard InChI is InChI=1S/C24H26FN3O2/c1-15-8-11-20-23(28(15)16(2)29)22(25)12-21(17(13-26)14-27-18-9-10-18)24(20)30-19-6-4-3-5-7-19/h3-7,12-15,18H,8-11,26H2,1-2H3/t15-/m0/s1. The maximum Gasteiger partial charge on any atom is 0.224 e. The number of benzene rings is 2. The highest BCUT2D eigenvalue weighted by molar-refractivity contribution is 6.11. The lowest BCUT2D eigenvalue weighted by atomic mass is 9.91. The number of hydrogen-bond donors (Lipinski definition) is 1. The van der Waals surface area contributed by atoms with Crippen molar-refractivity contribution in [3.8, 4) is 11.5 Å². The first-order valence-electron chi connectivity index (χ1n) is 10.3. The fourth-order valence-electron chi connectivity index (χ4n) is 3.89. The van der Waals surface area contributed by atoms with Crippen LogP contribution in [-0.2, 0) is 11.2 Å². The number of rotatable bonds is 5. The Hall–Kier alpha value is -3.15. The van der Waals surface area contributed by atoms with Crippen molar-refractivity contribution >= 4 is 23.4 Å². The molecule has 2 aliphatic rings. The summed E-state index contributed by atoms with van der Waals surface area (Å²) in [6, 6.07) is 11.0. The smallest absolute Gasteiger partial charge is 0.224 e. The van der Waals surface area contributed by atoms with Crippen LogP contribution in [-0.4, -0.2) is 24.2 Å². The molecule has 156 valence electrons. The van der Waals surface area contributed by atoms with Crippen molar-refractivity contribution in [1.82, 2.24) is 0 Å². The number of ether oxygens (including phenoxy) is 1. The fraction of sp³-hybridized carbons (Fsp3) is 0.333. The van der Waals surface area contributed by atoms with E-state index in [2.05, 4.69) is 4.99 Å². The summed E-state index contributed by atoms with van der Waals surface area (Å²) in [6.45, 7) is 3.40. The van der Waals surface area contributed by atoms with E-state index >= 15 is 4.39 Å². The Morgan fingerprint density at radius 2 is 2.00 bits per heavy atom. The molecule has 1 fully saturated rings. The molecule has 1 heterocycles. The number of carbonyl (C=O) groups is 1. The second-order valence-corrected chi connectivity index (χ2v) is 7.89. The van der Waals surface area contributed by atoms with Crippen molar-refractivity contribution in [2.24, 2.45) is 10.7 Å². The number of para-hydroxylation sites is 1. The van der Waals surface area contributed by atoms with Gasteiger partial charge in [0.25, 0.3) is 0 Å². The summed E-state index contributed by atoms with van der Waals surface area (Å²) in [5, 5.41) is 0. The zero-order chi connectivity index (χ0) is 21.3. The first kappa shape index (κ1) is 20.1. The molecule has 2 aromatic rings. The number of hydrogen-bond acceptors (Lipinski definition) is 4. The molecule has 30 heavy (non-hydrogen) atoms. The molecule has 2 N–H and O–H groups in total. The van der Waals surface area contributed by atoms with E-state index in [0.29, 0.717) is 46.3 Å². The predicted octanol–water partition coefficient (Wildman–Crippen LogP) is 4.84. The molecule has 1 aliphatic carbocycles. The molecule has 1 atom stereocenters. The van der Waals surface area contributed by atoms with Crippen LogP contribution in [0, 0.1) is 5.82 Å². The van der Waals surface area contributed by atoms with Gasteiger partial charge in [-0.3, -0.25) is 9.79 Å². The van der Waals surface area contributed by atoms with Gasteiger partial charge in [0, 0.05) is 42.1 Å². The number of allylic oxidation sites excluding steroid dienone is 1. The van der Waals surface area contributed by atoms with Crippen LogP contribution in [0.15, 0.2) is 47.6 Å². The molecule has 1 amide bonds. The first-order valence-corrected chi connectivity index (χ1v) is 10.3. The molecule has 5 nitrogen and oxygen atoms in total. The number of halogens is 1. The van der Waals surface area contributed by atoms with E-state index < -0.39 is 5.82 Å². The third-order valence-electron chi connectivity index (χ3n) is 5.56. The lowest BCUT2D eigenvalue weighted by molar-refractivity contribution is -0.117. The number of carbonyl (C=O) groups excluding carboxylic acids is 1. The highest BCUT2D eigenvalue weighted by atomic mass is 19.1. The monoisotopic (exact) mass is 407 g/mol. The van der Waals surface area contributed by atoms with Gasteiger partial charge < -0.3 is 15.4 Å². The summed E-state index contributed by atoms with van der Waals surface area (Å²) in [5.41, 5.74) is 8.02. The van der Waals surface area contributed by atoms with Crippen molar-refractivity contribution in [3.05, 3.63) is 59.5 Å². The van der Waals surface area contributed by atoms with Crippen LogP contribution >= 0.6 is 0 Å². The van der Waals surface area contributed by atoms with E-state index in [1.807, 2.05) is 37.3 Å². The zero-order valence-corrected chi connectivity index (χ0v) is 17.3. The van der Waals surface area contributed by atoms with E-state index in [4.69, 9.17) is 10.5 Å². The van der Waals surface area contributed by atoms with Gasteiger partial charge in [-0.2, -0.15) is 0 Å². The Morgan fingerprint density at radius 3 is 2.63 bits per heavy atom. The molecule has 0 bridgehead atoms. The van der Waals surface area contributed by atoms with E-state index in [9.17, 15) is 4.79 Å². The van der Waals surface area contributed by atoms with Crippen molar-refractivity contribution in [2.45, 2.75) is 51.6 Å². The van der Waals surface area contributed by atoms with E-state index in [1.54, 1.807) is 6.21 Å². The highest BCUT2D eigenvalue weighted by Gasteiger charge is 2.33. The average Bonchev–Trinajstić information content (AvgIpc) is 3.56. The Balaban J connectivity index is 1.89. The summed E-state index contributed by atoms with van der Waals surface area (Å²) < 4.78 is 21.6. The highest BCUT2D eigenvalue weighted by Crippen LogP contribution is 2.44. The predicted molar refractivity (Wildman–Crippen MR) is 118 cm³/mol. The van der Waals surface area contributed by atoms with E-state index in [0.717, 1.165) is 19.3 Å². The molecule has 0 radical (unpaired) electrons. The molecular weight excluding hydrogens is 381 g/mol. The molecule has 1 saturated carbocycles. The average molecular weight is 407 g/mol. The zero-order valence-electron chi connectivity index (χ0n) is 17.3. The second kappa shape index (κ2) is 8.30. The minimum atomic E-state index is -0.457. The van der Waals surface area contributed by atoms with Gasteiger partial charge in [0.1, 0.15) is 17.3 Å². The molecule has 1 aliphatic heterocycles. The molecule has 0 aromatic heterocycles. The van der Waals surface area contributed by atoms with Crippen molar-refractivity contribution in [2.75, 3.05) is 4.90 Å². The number of nitrogens with two attached hydrogens (primary N) is 1. The molecule has 6 heteroatoms. The largest absolute Gasteiger partial charge is 0.456 e. The molecule has 4 rings (SSSR count). The maximum absolute atomic E-state index is 15.4. The molecule has 0 spiro atoms. The van der Waals surface area contributed by atoms with Gasteiger partial charge in [-0.05, 0) is 50.8 Å². The van der Waals surface area contributed by atoms with Gasteiger partial charge in [-0.1, -0.05) is 18.2 Å². The SMILES string of the molecule is CC(=O)N1c2c(F)cc(C(C=NC3CC3)=CN)c(Oc3ccccc3)c2CC[C@@H]1C. The molecule has 2 aromatic carbocycles. The minimum absolute atomic E-state index is 0.0825. The minimum Gasteiger partial charge on any atom is -0.456 e. The molecule has 0 saturated heterocycles. The van der Waals surface area contributed by atoms with Gasteiger partial charge >= 0.3 is 0 Å². The quantitative estimate of drug-likeness (QED) is 0.721. The summed E-state index contributed by atoms with van der Waals surface area (Å²) in [6.07, 6.45) is 6.57. The number of amides is 1. The number of anilines is 1. The second-order valence-electron chi connectivity index (χ2n) is 7.89. The summed E-state index contributed by atoms with van der Waals surface area (Å²) in [7, 11) is 0. The Morgan fingerprint density at radius 1 is 1.27 bits per heavy atom. The van der Waals surface area contributed by atoms with Crippen molar-refractivity contribution in [1.29, 1.82) is 0 Å². The third kappa shape index (κ3) is 3.95. The molecule has 0 unspecified atom stereocenters. The first-order chi connectivity index (χ1) is 14.5.